The number of pyridine rings is 1. The van der Waals surface area contributed by atoms with Crippen molar-refractivity contribution in [2.24, 2.45) is 5.92 Å². The Labute approximate surface area is 181 Å². The first-order valence-corrected chi connectivity index (χ1v) is 11.7. The largest absolute Gasteiger partial charge is 0.493 e. The summed E-state index contributed by atoms with van der Waals surface area (Å²) >= 11 is 0. The highest BCUT2D eigenvalue weighted by Crippen LogP contribution is 2.49. The molecule has 0 saturated heterocycles. The fourth-order valence-electron chi connectivity index (χ4n) is 5.68. The van der Waals surface area contributed by atoms with Gasteiger partial charge in [0.05, 0.1) is 24.9 Å². The average molecular weight is 409 g/mol. The molecule has 0 N–H and O–H groups in total. The van der Waals surface area contributed by atoms with Crippen molar-refractivity contribution in [3.8, 4) is 5.75 Å². The SMILES string of the molecule is COc1c(N(OCc2ccccc2)C2(C3CCCCC3)CCCCC2)ccnc1C. The molecule has 162 valence electrons. The molecule has 2 aromatic rings. The van der Waals surface area contributed by atoms with E-state index in [-0.39, 0.29) is 5.54 Å². The van der Waals surface area contributed by atoms with E-state index in [1.54, 1.807) is 7.11 Å². The van der Waals surface area contributed by atoms with Crippen LogP contribution in [0.3, 0.4) is 0 Å². The number of nitrogens with zero attached hydrogens (tertiary/aromatic N) is 2. The van der Waals surface area contributed by atoms with E-state index >= 15 is 0 Å². The maximum atomic E-state index is 6.73. The van der Waals surface area contributed by atoms with Crippen LogP contribution >= 0.6 is 0 Å². The molecule has 30 heavy (non-hydrogen) atoms. The van der Waals surface area contributed by atoms with Gasteiger partial charge in [-0.1, -0.05) is 68.9 Å². The molecule has 2 aliphatic rings. The van der Waals surface area contributed by atoms with Crippen molar-refractivity contribution in [1.29, 1.82) is 0 Å². The van der Waals surface area contributed by atoms with E-state index in [2.05, 4.69) is 46.4 Å². The van der Waals surface area contributed by atoms with Crippen LogP contribution in [-0.2, 0) is 11.4 Å². The van der Waals surface area contributed by atoms with Crippen molar-refractivity contribution < 1.29 is 9.57 Å². The number of benzene rings is 1. The highest BCUT2D eigenvalue weighted by molar-refractivity contribution is 5.60. The lowest BCUT2D eigenvalue weighted by Gasteiger charge is -2.52. The first kappa shape index (κ1) is 21.2. The van der Waals surface area contributed by atoms with Gasteiger partial charge < -0.3 is 4.74 Å². The number of methoxy groups -OCH3 is 1. The quantitative estimate of drug-likeness (QED) is 0.482. The molecular weight excluding hydrogens is 372 g/mol. The van der Waals surface area contributed by atoms with Gasteiger partial charge >= 0.3 is 0 Å². The van der Waals surface area contributed by atoms with Gasteiger partial charge in [-0.2, -0.15) is 0 Å². The number of hydrogen-bond donors (Lipinski definition) is 0. The van der Waals surface area contributed by atoms with Crippen LogP contribution < -0.4 is 9.80 Å². The summed E-state index contributed by atoms with van der Waals surface area (Å²) < 4.78 is 5.85. The molecule has 0 unspecified atom stereocenters. The molecule has 2 aliphatic carbocycles. The van der Waals surface area contributed by atoms with Crippen molar-refractivity contribution in [2.75, 3.05) is 12.2 Å². The van der Waals surface area contributed by atoms with Crippen molar-refractivity contribution in [2.45, 2.75) is 83.3 Å². The molecule has 0 aliphatic heterocycles. The fourth-order valence-corrected chi connectivity index (χ4v) is 5.68. The number of aromatic nitrogens is 1. The summed E-state index contributed by atoms with van der Waals surface area (Å²) in [6, 6.07) is 12.6. The van der Waals surface area contributed by atoms with E-state index in [1.165, 1.54) is 69.8 Å². The third kappa shape index (κ3) is 4.34. The lowest BCUT2D eigenvalue weighted by atomic mass is 9.67. The zero-order valence-electron chi connectivity index (χ0n) is 18.6. The van der Waals surface area contributed by atoms with Crippen LogP contribution in [0.15, 0.2) is 42.6 Å². The monoisotopic (exact) mass is 408 g/mol. The Hall–Kier alpha value is -2.07. The molecule has 1 aromatic heterocycles. The molecular formula is C26H36N2O2. The summed E-state index contributed by atoms with van der Waals surface area (Å²) in [6.07, 6.45) is 14.8. The molecule has 0 atom stereocenters. The zero-order chi connectivity index (χ0) is 20.8. The Balaban J connectivity index is 1.75. The van der Waals surface area contributed by atoms with Crippen LogP contribution in [0.5, 0.6) is 5.75 Å². The van der Waals surface area contributed by atoms with Crippen molar-refractivity contribution in [3.63, 3.8) is 0 Å². The van der Waals surface area contributed by atoms with E-state index < -0.39 is 0 Å². The minimum atomic E-state index is 0.0362. The molecule has 0 radical (unpaired) electrons. The summed E-state index contributed by atoms with van der Waals surface area (Å²) in [5, 5.41) is 2.28. The molecule has 4 nitrogen and oxygen atoms in total. The van der Waals surface area contributed by atoms with Crippen LogP contribution in [0.2, 0.25) is 0 Å². The number of hydrogen-bond acceptors (Lipinski definition) is 4. The van der Waals surface area contributed by atoms with Crippen LogP contribution in [-0.4, -0.2) is 17.6 Å². The van der Waals surface area contributed by atoms with E-state index in [1.807, 2.05) is 13.1 Å². The average Bonchev–Trinajstić information content (AvgIpc) is 2.81. The molecule has 0 spiro atoms. The van der Waals surface area contributed by atoms with E-state index in [0.717, 1.165) is 17.1 Å². The molecule has 2 saturated carbocycles. The minimum Gasteiger partial charge on any atom is -0.493 e. The predicted octanol–water partition coefficient (Wildman–Crippen LogP) is 6.62. The van der Waals surface area contributed by atoms with Gasteiger partial charge in [0.15, 0.2) is 5.75 Å². The fraction of sp³-hybridized carbons (Fsp3) is 0.577. The van der Waals surface area contributed by atoms with Crippen LogP contribution in [0, 0.1) is 12.8 Å². The lowest BCUT2D eigenvalue weighted by molar-refractivity contribution is -0.0133. The molecule has 4 rings (SSSR count). The molecule has 0 bridgehead atoms. The Kier molecular flexibility index (Phi) is 6.93. The van der Waals surface area contributed by atoms with Crippen molar-refractivity contribution >= 4 is 5.69 Å². The van der Waals surface area contributed by atoms with Crippen molar-refractivity contribution in [1.82, 2.24) is 4.98 Å². The Morgan fingerprint density at radius 2 is 1.67 bits per heavy atom. The van der Waals surface area contributed by atoms with Gasteiger partial charge in [-0.15, -0.1) is 0 Å². The van der Waals surface area contributed by atoms with E-state index in [9.17, 15) is 0 Å². The van der Waals surface area contributed by atoms with Crippen molar-refractivity contribution in [3.05, 3.63) is 53.9 Å². The lowest BCUT2D eigenvalue weighted by Crippen LogP contribution is -2.56. The predicted molar refractivity (Wildman–Crippen MR) is 122 cm³/mol. The maximum absolute atomic E-state index is 6.73. The van der Waals surface area contributed by atoms with Crippen LogP contribution in [0.25, 0.3) is 0 Å². The highest BCUT2D eigenvalue weighted by Gasteiger charge is 2.47. The summed E-state index contributed by atoms with van der Waals surface area (Å²) in [5.74, 6) is 1.51. The summed E-state index contributed by atoms with van der Waals surface area (Å²) in [5.41, 5.74) is 3.18. The molecule has 1 aromatic carbocycles. The number of anilines is 1. The van der Waals surface area contributed by atoms with E-state index in [0.29, 0.717) is 12.5 Å². The van der Waals surface area contributed by atoms with Gasteiger partial charge in [0.2, 0.25) is 0 Å². The zero-order valence-corrected chi connectivity index (χ0v) is 18.6. The van der Waals surface area contributed by atoms with Gasteiger partial charge in [0, 0.05) is 6.20 Å². The Bertz CT molecular complexity index is 796. The normalized spacial score (nSPS) is 19.4. The molecule has 4 heteroatoms. The minimum absolute atomic E-state index is 0.0362. The van der Waals surface area contributed by atoms with Gasteiger partial charge in [-0.05, 0) is 50.2 Å². The molecule has 2 fully saturated rings. The van der Waals surface area contributed by atoms with E-state index in [4.69, 9.17) is 9.57 Å². The third-order valence-corrected chi connectivity index (χ3v) is 7.18. The first-order chi connectivity index (χ1) is 14.7. The highest BCUT2D eigenvalue weighted by atomic mass is 16.7. The second-order valence-electron chi connectivity index (χ2n) is 9.00. The topological polar surface area (TPSA) is 34.6 Å². The number of hydroxylamine groups is 1. The number of ether oxygens (including phenoxy) is 1. The summed E-state index contributed by atoms with van der Waals surface area (Å²) in [7, 11) is 1.75. The summed E-state index contributed by atoms with van der Waals surface area (Å²) in [6.45, 7) is 2.59. The summed E-state index contributed by atoms with van der Waals surface area (Å²) in [4.78, 5) is 11.2. The first-order valence-electron chi connectivity index (χ1n) is 11.7. The van der Waals surface area contributed by atoms with Gasteiger partial charge in [0.25, 0.3) is 0 Å². The third-order valence-electron chi connectivity index (χ3n) is 7.18. The van der Waals surface area contributed by atoms with Gasteiger partial charge in [-0.25, -0.2) is 5.06 Å². The van der Waals surface area contributed by atoms with Crippen LogP contribution in [0.4, 0.5) is 5.69 Å². The smallest absolute Gasteiger partial charge is 0.165 e. The standard InChI is InChI=1S/C26H36N2O2/c1-21-25(29-2)24(16-19-27-21)28(30-20-22-12-6-3-7-13-22)26(17-10-5-11-18-26)23-14-8-4-9-15-23/h3,6-7,12-13,16,19,23H,4-5,8-11,14-15,17-18,20H2,1-2H3. The Morgan fingerprint density at radius 1 is 0.967 bits per heavy atom. The van der Waals surface area contributed by atoms with Crippen LogP contribution in [0.1, 0.15) is 75.5 Å². The van der Waals surface area contributed by atoms with Gasteiger partial charge in [0.1, 0.15) is 5.69 Å². The number of rotatable bonds is 7. The maximum Gasteiger partial charge on any atom is 0.165 e. The molecule has 0 amide bonds. The number of aryl methyl sites for hydroxylation is 1. The molecule has 1 heterocycles. The Morgan fingerprint density at radius 3 is 2.37 bits per heavy atom. The van der Waals surface area contributed by atoms with Gasteiger partial charge in [-0.3, -0.25) is 9.82 Å². The second kappa shape index (κ2) is 9.82. The second-order valence-corrected chi connectivity index (χ2v) is 9.00.